The lowest BCUT2D eigenvalue weighted by molar-refractivity contribution is -0.116. The highest BCUT2D eigenvalue weighted by Crippen LogP contribution is 2.12. The fourth-order valence-corrected chi connectivity index (χ4v) is 1.94. The Labute approximate surface area is 144 Å². The van der Waals surface area contributed by atoms with Gasteiger partial charge in [-0.25, -0.2) is 4.79 Å². The van der Waals surface area contributed by atoms with Crippen LogP contribution in [0.4, 0.5) is 10.5 Å². The van der Waals surface area contributed by atoms with Crippen molar-refractivity contribution in [2.24, 2.45) is 0 Å². The molecule has 7 heteroatoms. The number of halogens is 1. The fourth-order valence-electron chi connectivity index (χ4n) is 1.81. The van der Waals surface area contributed by atoms with Gasteiger partial charge < -0.3 is 10.1 Å². The molecule has 0 saturated carbocycles. The third-order valence-corrected chi connectivity index (χ3v) is 3.29. The summed E-state index contributed by atoms with van der Waals surface area (Å²) in [5.41, 5.74) is 2.20. The van der Waals surface area contributed by atoms with Crippen LogP contribution in [0.2, 0.25) is 5.02 Å². The van der Waals surface area contributed by atoms with Gasteiger partial charge >= 0.3 is 12.0 Å². The molecule has 122 valence electrons. The summed E-state index contributed by atoms with van der Waals surface area (Å²) in [6.45, 7) is 0.384. The monoisotopic (exact) mass is 343 g/mol. The fraction of sp³-hybridized carbons (Fsp3) is 0.118. The number of anilines is 1. The maximum Gasteiger partial charge on any atom is 0.411 e. The molecule has 0 spiro atoms. The molecule has 0 atom stereocenters. The van der Waals surface area contributed by atoms with E-state index in [-0.39, 0.29) is 13.2 Å². The first kappa shape index (κ1) is 17.3. The average molecular weight is 344 g/mol. The van der Waals surface area contributed by atoms with E-state index in [4.69, 9.17) is 21.6 Å². The zero-order valence-electron chi connectivity index (χ0n) is 12.6. The molecule has 0 aliphatic rings. The molecule has 2 aromatic carbocycles. The molecule has 2 N–H and O–H groups in total. The lowest BCUT2D eigenvalue weighted by Gasteiger charge is -2.08. The highest BCUT2D eigenvalue weighted by atomic mass is 35.5. The van der Waals surface area contributed by atoms with E-state index in [1.165, 1.54) is 6.07 Å². The number of ether oxygens (including phenoxy) is 1. The molecule has 2 rings (SSSR count). The molecule has 0 radical (unpaired) electrons. The lowest BCUT2D eigenvalue weighted by Crippen LogP contribution is -2.20. The zero-order chi connectivity index (χ0) is 17.4. The summed E-state index contributed by atoms with van der Waals surface area (Å²) < 4.78 is 5.11. The van der Waals surface area contributed by atoms with Crippen molar-refractivity contribution in [2.45, 2.75) is 13.2 Å². The summed E-state index contributed by atoms with van der Waals surface area (Å²) in [7, 11) is 0. The average Bonchev–Trinajstić information content (AvgIpc) is 2.60. The van der Waals surface area contributed by atoms with Crippen molar-refractivity contribution >= 4 is 29.3 Å². The number of nitrogens with one attached hydrogen (secondary N) is 2. The topological polar surface area (TPSA) is 91.2 Å². The number of carbonyl (C=O) groups excluding carboxylic acids is 2. The SMILES string of the molecule is N#CC(=O)NCc1ccc(NC(=O)OCc2ccc(Cl)cc2)cc1. The van der Waals surface area contributed by atoms with Gasteiger partial charge in [0.25, 0.3) is 0 Å². The van der Waals surface area contributed by atoms with Crippen molar-refractivity contribution in [1.82, 2.24) is 5.32 Å². The number of nitriles is 1. The molecule has 0 unspecified atom stereocenters. The second-order valence-electron chi connectivity index (χ2n) is 4.82. The number of hydrogen-bond donors (Lipinski definition) is 2. The van der Waals surface area contributed by atoms with Gasteiger partial charge in [0.15, 0.2) is 6.07 Å². The van der Waals surface area contributed by atoms with Crippen LogP contribution >= 0.6 is 11.6 Å². The van der Waals surface area contributed by atoms with Crippen LogP contribution in [0, 0.1) is 11.3 Å². The molecule has 2 amide bonds. The van der Waals surface area contributed by atoms with Crippen molar-refractivity contribution < 1.29 is 14.3 Å². The Bertz CT molecular complexity index is 752. The largest absolute Gasteiger partial charge is 0.444 e. The van der Waals surface area contributed by atoms with Gasteiger partial charge in [0.1, 0.15) is 6.61 Å². The molecular formula is C17H14ClN3O3. The maximum absolute atomic E-state index is 11.7. The minimum absolute atomic E-state index is 0.140. The van der Waals surface area contributed by atoms with Crippen molar-refractivity contribution in [1.29, 1.82) is 5.26 Å². The number of benzene rings is 2. The van der Waals surface area contributed by atoms with Gasteiger partial charge in [-0.2, -0.15) is 5.26 Å². The van der Waals surface area contributed by atoms with Crippen LogP contribution in [-0.2, 0) is 22.7 Å². The van der Waals surface area contributed by atoms with Gasteiger partial charge in [0.05, 0.1) is 0 Å². The molecule has 0 fully saturated rings. The Morgan fingerprint density at radius 2 is 1.67 bits per heavy atom. The molecule has 0 saturated heterocycles. The number of hydrogen-bond acceptors (Lipinski definition) is 4. The standard InChI is InChI=1S/C17H14ClN3O3/c18-14-5-1-13(2-6-14)11-24-17(23)21-15-7-3-12(4-8-15)10-20-16(22)9-19/h1-8H,10-11H2,(H,20,22)(H,21,23). The molecule has 6 nitrogen and oxygen atoms in total. The Balaban J connectivity index is 1.80. The highest BCUT2D eigenvalue weighted by Gasteiger charge is 2.04. The third-order valence-electron chi connectivity index (χ3n) is 3.04. The van der Waals surface area contributed by atoms with Gasteiger partial charge in [-0.1, -0.05) is 35.9 Å². The summed E-state index contributed by atoms with van der Waals surface area (Å²) in [4.78, 5) is 22.6. The first-order valence-electron chi connectivity index (χ1n) is 7.02. The van der Waals surface area contributed by atoms with Crippen LogP contribution in [0.3, 0.4) is 0 Å². The van der Waals surface area contributed by atoms with Gasteiger partial charge in [0, 0.05) is 17.3 Å². The molecule has 0 aliphatic carbocycles. The third kappa shape index (κ3) is 5.63. The minimum atomic E-state index is -0.692. The first-order chi connectivity index (χ1) is 11.6. The van der Waals surface area contributed by atoms with E-state index < -0.39 is 12.0 Å². The summed E-state index contributed by atoms with van der Waals surface area (Å²) in [6.07, 6.45) is -0.574. The quantitative estimate of drug-likeness (QED) is 0.815. The van der Waals surface area contributed by atoms with E-state index in [1.807, 2.05) is 0 Å². The van der Waals surface area contributed by atoms with Crippen LogP contribution < -0.4 is 10.6 Å². The van der Waals surface area contributed by atoms with Crippen molar-refractivity contribution in [2.75, 3.05) is 5.32 Å². The Morgan fingerprint density at radius 3 is 2.29 bits per heavy atom. The van der Waals surface area contributed by atoms with Crippen LogP contribution in [0.25, 0.3) is 0 Å². The molecular weight excluding hydrogens is 330 g/mol. The van der Waals surface area contributed by atoms with E-state index in [1.54, 1.807) is 48.5 Å². The van der Waals surface area contributed by atoms with Crippen LogP contribution in [-0.4, -0.2) is 12.0 Å². The smallest absolute Gasteiger partial charge is 0.411 e. The zero-order valence-corrected chi connectivity index (χ0v) is 13.3. The molecule has 0 aromatic heterocycles. The molecule has 0 aliphatic heterocycles. The van der Waals surface area contributed by atoms with E-state index in [2.05, 4.69) is 10.6 Å². The van der Waals surface area contributed by atoms with Crippen LogP contribution in [0.15, 0.2) is 48.5 Å². The number of carbonyl (C=O) groups is 2. The summed E-state index contributed by atoms with van der Waals surface area (Å²) >= 11 is 5.78. The Hall–Kier alpha value is -3.04. The summed E-state index contributed by atoms with van der Waals surface area (Å²) in [5.74, 6) is -0.692. The van der Waals surface area contributed by atoms with Gasteiger partial charge in [-0.3, -0.25) is 10.1 Å². The van der Waals surface area contributed by atoms with E-state index in [0.717, 1.165) is 11.1 Å². The maximum atomic E-state index is 11.7. The van der Waals surface area contributed by atoms with E-state index >= 15 is 0 Å². The van der Waals surface area contributed by atoms with Crippen LogP contribution in [0.5, 0.6) is 0 Å². The van der Waals surface area contributed by atoms with Crippen molar-refractivity contribution in [3.63, 3.8) is 0 Å². The van der Waals surface area contributed by atoms with Crippen molar-refractivity contribution in [3.05, 3.63) is 64.7 Å². The van der Waals surface area contributed by atoms with Gasteiger partial charge in [-0.05, 0) is 35.4 Å². The predicted octanol–water partition coefficient (Wildman–Crippen LogP) is 3.23. The molecule has 2 aromatic rings. The number of amides is 2. The minimum Gasteiger partial charge on any atom is -0.444 e. The Morgan fingerprint density at radius 1 is 1.04 bits per heavy atom. The highest BCUT2D eigenvalue weighted by molar-refractivity contribution is 6.30. The summed E-state index contributed by atoms with van der Waals surface area (Å²) in [5, 5.41) is 14.0. The first-order valence-corrected chi connectivity index (χ1v) is 7.39. The molecule has 0 bridgehead atoms. The van der Waals surface area contributed by atoms with Gasteiger partial charge in [0.2, 0.25) is 0 Å². The van der Waals surface area contributed by atoms with E-state index in [0.29, 0.717) is 10.7 Å². The van der Waals surface area contributed by atoms with E-state index in [9.17, 15) is 9.59 Å². The number of nitrogens with zero attached hydrogens (tertiary/aromatic N) is 1. The predicted molar refractivity (Wildman–Crippen MR) is 89.2 cm³/mol. The summed E-state index contributed by atoms with van der Waals surface area (Å²) in [6, 6.07) is 15.3. The molecule has 0 heterocycles. The molecule has 24 heavy (non-hydrogen) atoms. The lowest BCUT2D eigenvalue weighted by atomic mass is 10.2. The van der Waals surface area contributed by atoms with Gasteiger partial charge in [-0.15, -0.1) is 0 Å². The normalized spacial score (nSPS) is 9.67. The van der Waals surface area contributed by atoms with Crippen LogP contribution in [0.1, 0.15) is 11.1 Å². The Kier molecular flexibility index (Phi) is 6.17. The number of rotatable bonds is 5. The second-order valence-corrected chi connectivity index (χ2v) is 5.26. The second kappa shape index (κ2) is 8.56. The van der Waals surface area contributed by atoms with Crippen molar-refractivity contribution in [3.8, 4) is 6.07 Å².